The molecule has 6 aromatic carbocycles. The molecule has 0 unspecified atom stereocenters. The van der Waals surface area contributed by atoms with Crippen molar-refractivity contribution in [3.8, 4) is 0 Å². The third kappa shape index (κ3) is 5.81. The number of hydrogen-bond acceptors (Lipinski definition) is 6. The first-order valence-corrected chi connectivity index (χ1v) is 15.3. The maximum absolute atomic E-state index is 14.8. The Morgan fingerprint density at radius 1 is 0.354 bits per heavy atom. The number of ketones is 2. The van der Waals surface area contributed by atoms with E-state index >= 15 is 0 Å². The molecule has 48 heavy (non-hydrogen) atoms. The summed E-state index contributed by atoms with van der Waals surface area (Å²) in [4.78, 5) is 56.4. The number of benzene rings is 6. The second kappa shape index (κ2) is 12.9. The molecule has 232 valence electrons. The lowest BCUT2D eigenvalue weighted by Crippen LogP contribution is -2.28. The molecule has 0 aliphatic heterocycles. The monoisotopic (exact) mass is 628 g/mol. The fourth-order valence-electron chi connectivity index (χ4n) is 5.74. The van der Waals surface area contributed by atoms with Crippen molar-refractivity contribution >= 4 is 57.5 Å². The first-order chi connectivity index (χ1) is 23.5. The summed E-state index contributed by atoms with van der Waals surface area (Å²) in [6.45, 7) is 0. The number of amides is 2. The highest BCUT2D eigenvalue weighted by molar-refractivity contribution is 6.36. The Morgan fingerprint density at radius 3 is 1.00 bits per heavy atom. The lowest BCUT2D eigenvalue weighted by molar-refractivity contribution is 0.0978. The van der Waals surface area contributed by atoms with Crippen LogP contribution in [0, 0.1) is 0 Å². The average Bonchev–Trinajstić information content (AvgIpc) is 3.13. The smallest absolute Gasteiger partial charge is 0.255 e. The highest BCUT2D eigenvalue weighted by Gasteiger charge is 2.38. The fourth-order valence-corrected chi connectivity index (χ4v) is 5.74. The Morgan fingerprint density at radius 2 is 0.646 bits per heavy atom. The maximum Gasteiger partial charge on any atom is 0.255 e. The predicted molar refractivity (Wildman–Crippen MR) is 188 cm³/mol. The molecule has 0 saturated heterocycles. The van der Waals surface area contributed by atoms with Crippen molar-refractivity contribution in [3.63, 3.8) is 0 Å². The zero-order valence-electron chi connectivity index (χ0n) is 25.5. The van der Waals surface area contributed by atoms with E-state index in [2.05, 4.69) is 21.3 Å². The van der Waals surface area contributed by atoms with Crippen LogP contribution in [-0.2, 0) is 0 Å². The Kier molecular flexibility index (Phi) is 8.03. The number of nitrogens with one attached hydrogen (secondary N) is 4. The minimum atomic E-state index is -0.492. The number of fused-ring (bicyclic) bond motifs is 2. The fraction of sp³-hybridized carbons (Fsp3) is 0. The molecule has 2 amide bonds. The molecule has 6 aromatic rings. The van der Waals surface area contributed by atoms with E-state index < -0.39 is 23.4 Å². The SMILES string of the molecule is O=C(Nc1ccc(Nc2ccccc2)c2c1C(=O)c1c(Nc3ccccc3)ccc(NC(=O)c3ccccc3)c1C2=O)c1ccccc1. The number of rotatable bonds is 8. The Bertz CT molecular complexity index is 2030. The molecular weight excluding hydrogens is 600 g/mol. The molecule has 0 bridgehead atoms. The van der Waals surface area contributed by atoms with E-state index in [0.29, 0.717) is 33.9 Å². The van der Waals surface area contributed by atoms with E-state index in [9.17, 15) is 19.2 Å². The summed E-state index contributed by atoms with van der Waals surface area (Å²) < 4.78 is 0. The van der Waals surface area contributed by atoms with Crippen molar-refractivity contribution in [1.29, 1.82) is 0 Å². The molecule has 8 nitrogen and oxygen atoms in total. The summed E-state index contributed by atoms with van der Waals surface area (Å²) in [5.41, 5.74) is 3.54. The van der Waals surface area contributed by atoms with Crippen molar-refractivity contribution in [2.24, 2.45) is 0 Å². The van der Waals surface area contributed by atoms with Gasteiger partial charge in [0.05, 0.1) is 45.0 Å². The topological polar surface area (TPSA) is 116 Å². The van der Waals surface area contributed by atoms with Crippen LogP contribution in [0.1, 0.15) is 52.6 Å². The van der Waals surface area contributed by atoms with Crippen molar-refractivity contribution in [2.45, 2.75) is 0 Å². The summed E-state index contributed by atoms with van der Waals surface area (Å²) in [5, 5.41) is 12.3. The van der Waals surface area contributed by atoms with Gasteiger partial charge in [-0.1, -0.05) is 72.8 Å². The third-order valence-electron chi connectivity index (χ3n) is 7.99. The van der Waals surface area contributed by atoms with E-state index in [-0.39, 0.29) is 33.6 Å². The summed E-state index contributed by atoms with van der Waals surface area (Å²) in [6.07, 6.45) is 0. The minimum absolute atomic E-state index is 0.0420. The quantitative estimate of drug-likeness (QED) is 0.134. The van der Waals surface area contributed by atoms with Crippen LogP contribution in [0.3, 0.4) is 0 Å². The van der Waals surface area contributed by atoms with Gasteiger partial charge in [-0.3, -0.25) is 19.2 Å². The Balaban J connectivity index is 1.41. The highest BCUT2D eigenvalue weighted by atomic mass is 16.2. The van der Waals surface area contributed by atoms with Crippen LogP contribution in [0.4, 0.5) is 34.1 Å². The highest BCUT2D eigenvalue weighted by Crippen LogP contribution is 2.43. The largest absolute Gasteiger partial charge is 0.355 e. The van der Waals surface area contributed by atoms with Gasteiger partial charge < -0.3 is 21.3 Å². The van der Waals surface area contributed by atoms with Gasteiger partial charge in [0, 0.05) is 22.5 Å². The number of carbonyl (C=O) groups excluding carboxylic acids is 4. The molecule has 0 aromatic heterocycles. The third-order valence-corrected chi connectivity index (χ3v) is 7.99. The van der Waals surface area contributed by atoms with E-state index in [1.807, 2.05) is 60.7 Å². The minimum Gasteiger partial charge on any atom is -0.355 e. The molecule has 0 heterocycles. The summed E-state index contributed by atoms with van der Waals surface area (Å²) in [6, 6.07) is 42.3. The van der Waals surface area contributed by atoms with Gasteiger partial charge in [-0.05, 0) is 72.8 Å². The van der Waals surface area contributed by atoms with Gasteiger partial charge in [0.2, 0.25) is 0 Å². The molecule has 1 aliphatic rings. The van der Waals surface area contributed by atoms with Crippen LogP contribution in [0.25, 0.3) is 0 Å². The molecule has 1 aliphatic carbocycles. The zero-order chi connectivity index (χ0) is 33.0. The van der Waals surface area contributed by atoms with Crippen LogP contribution < -0.4 is 21.3 Å². The first kappa shape index (κ1) is 29.9. The predicted octanol–water partition coefficient (Wildman–Crippen LogP) is 8.45. The Hall–Kier alpha value is -6.80. The zero-order valence-corrected chi connectivity index (χ0v) is 25.5. The molecule has 0 fully saturated rings. The number of para-hydroxylation sites is 2. The molecule has 0 atom stereocenters. The van der Waals surface area contributed by atoms with E-state index in [0.717, 1.165) is 0 Å². The van der Waals surface area contributed by atoms with Crippen molar-refractivity contribution in [3.05, 3.63) is 179 Å². The van der Waals surface area contributed by atoms with E-state index in [1.54, 1.807) is 84.9 Å². The van der Waals surface area contributed by atoms with Gasteiger partial charge in [0.15, 0.2) is 11.6 Å². The molecule has 4 N–H and O–H groups in total. The molecule has 0 spiro atoms. The van der Waals surface area contributed by atoms with Crippen LogP contribution in [0.2, 0.25) is 0 Å². The lowest BCUT2D eigenvalue weighted by atomic mass is 9.80. The normalized spacial score (nSPS) is 11.6. The summed E-state index contributed by atoms with van der Waals surface area (Å²) in [7, 11) is 0. The van der Waals surface area contributed by atoms with Crippen molar-refractivity contribution in [1.82, 2.24) is 0 Å². The standard InChI is InChI=1S/C40H28N4O4/c45-37-34-30(42-28-19-11-4-12-20-28)22-24-32(44-40(48)26-15-7-2-8-16-26)36(34)38(46)33-29(41-27-17-9-3-10-18-27)21-23-31(35(33)37)43-39(47)25-13-5-1-6-14-25/h1-24,41-42H,(H,43,47)(H,44,48). The van der Waals surface area contributed by atoms with Gasteiger partial charge >= 0.3 is 0 Å². The number of carbonyl (C=O) groups is 4. The van der Waals surface area contributed by atoms with E-state index in [4.69, 9.17) is 0 Å². The van der Waals surface area contributed by atoms with Crippen LogP contribution in [0.5, 0.6) is 0 Å². The van der Waals surface area contributed by atoms with E-state index in [1.165, 1.54) is 0 Å². The van der Waals surface area contributed by atoms with Crippen LogP contribution in [0.15, 0.2) is 146 Å². The molecule has 7 rings (SSSR count). The molecular formula is C40H28N4O4. The van der Waals surface area contributed by atoms with Crippen LogP contribution >= 0.6 is 0 Å². The van der Waals surface area contributed by atoms with Gasteiger partial charge in [0.25, 0.3) is 11.8 Å². The lowest BCUT2D eigenvalue weighted by Gasteiger charge is -2.27. The summed E-state index contributed by atoms with van der Waals surface area (Å²) in [5.74, 6) is -1.85. The van der Waals surface area contributed by atoms with Gasteiger partial charge in [0.1, 0.15) is 0 Å². The first-order valence-electron chi connectivity index (χ1n) is 15.3. The number of anilines is 6. The maximum atomic E-state index is 14.8. The van der Waals surface area contributed by atoms with Crippen molar-refractivity contribution in [2.75, 3.05) is 21.3 Å². The van der Waals surface area contributed by atoms with Gasteiger partial charge in [-0.2, -0.15) is 0 Å². The van der Waals surface area contributed by atoms with Crippen molar-refractivity contribution < 1.29 is 19.2 Å². The molecule has 8 heteroatoms. The Labute approximate surface area is 276 Å². The van der Waals surface area contributed by atoms with Gasteiger partial charge in [-0.25, -0.2) is 0 Å². The van der Waals surface area contributed by atoms with Gasteiger partial charge in [-0.15, -0.1) is 0 Å². The molecule has 0 radical (unpaired) electrons. The van der Waals surface area contributed by atoms with Crippen LogP contribution in [-0.4, -0.2) is 23.4 Å². The second-order valence-electron chi connectivity index (χ2n) is 11.1. The second-order valence-corrected chi connectivity index (χ2v) is 11.1. The average molecular weight is 629 g/mol. The summed E-state index contributed by atoms with van der Waals surface area (Å²) >= 11 is 0. The molecule has 0 saturated carbocycles. The number of hydrogen-bond donors (Lipinski definition) is 4.